The molecular formula is C28H22N2O2S. The van der Waals surface area contributed by atoms with Crippen molar-refractivity contribution in [1.29, 1.82) is 0 Å². The van der Waals surface area contributed by atoms with Crippen LogP contribution in [0.4, 0.5) is 0 Å². The molecule has 4 nitrogen and oxygen atoms in total. The van der Waals surface area contributed by atoms with Gasteiger partial charge in [0.15, 0.2) is 0 Å². The molecule has 0 fully saturated rings. The van der Waals surface area contributed by atoms with E-state index >= 15 is 0 Å². The van der Waals surface area contributed by atoms with Crippen molar-refractivity contribution in [2.45, 2.75) is 10.9 Å². The van der Waals surface area contributed by atoms with Crippen LogP contribution in [0.15, 0.2) is 137 Å². The summed E-state index contributed by atoms with van der Waals surface area (Å²) >= 11 is 0. The van der Waals surface area contributed by atoms with Gasteiger partial charge in [-0.2, -0.15) is 17.9 Å². The van der Waals surface area contributed by atoms with Crippen LogP contribution in [-0.2, 0) is 10.0 Å². The molecule has 162 valence electrons. The van der Waals surface area contributed by atoms with E-state index < -0.39 is 16.1 Å². The molecule has 0 saturated carbocycles. The topological polar surface area (TPSA) is 49.7 Å². The van der Waals surface area contributed by atoms with Gasteiger partial charge in [-0.3, -0.25) is 0 Å². The summed E-state index contributed by atoms with van der Waals surface area (Å²) in [6, 6.07) is 37.6. The summed E-state index contributed by atoms with van der Waals surface area (Å²) in [6.45, 7) is 0. The van der Waals surface area contributed by atoms with Gasteiger partial charge in [0.25, 0.3) is 10.0 Å². The molecule has 0 aromatic heterocycles. The number of hydrazone groups is 1. The smallest absolute Gasteiger partial charge is 0.200 e. The molecule has 0 saturated heterocycles. The van der Waals surface area contributed by atoms with Crippen molar-refractivity contribution in [2.75, 3.05) is 0 Å². The van der Waals surface area contributed by atoms with Gasteiger partial charge in [0, 0.05) is 5.57 Å². The van der Waals surface area contributed by atoms with Gasteiger partial charge in [-0.05, 0) is 34.4 Å². The second kappa shape index (κ2) is 8.88. The molecule has 4 aromatic carbocycles. The van der Waals surface area contributed by atoms with Crippen LogP contribution in [0.25, 0.3) is 5.57 Å². The fraction of sp³-hybridized carbons (Fsp3) is 0.0357. The van der Waals surface area contributed by atoms with E-state index in [1.165, 1.54) is 4.41 Å². The molecule has 4 aromatic rings. The molecule has 1 aliphatic heterocycles. The van der Waals surface area contributed by atoms with Crippen molar-refractivity contribution in [3.05, 3.63) is 144 Å². The third-order valence-electron chi connectivity index (χ3n) is 5.64. The van der Waals surface area contributed by atoms with E-state index in [1.807, 2.05) is 91.0 Å². The van der Waals surface area contributed by atoms with Crippen LogP contribution in [0, 0.1) is 0 Å². The minimum absolute atomic E-state index is 0.213. The zero-order chi connectivity index (χ0) is 22.7. The minimum atomic E-state index is -3.87. The number of sulfonamides is 1. The van der Waals surface area contributed by atoms with Gasteiger partial charge in [-0.15, -0.1) is 0 Å². The monoisotopic (exact) mass is 450 g/mol. The second-order valence-electron chi connectivity index (χ2n) is 7.71. The Balaban J connectivity index is 1.76. The van der Waals surface area contributed by atoms with E-state index in [1.54, 1.807) is 36.5 Å². The van der Waals surface area contributed by atoms with Crippen LogP contribution in [0.5, 0.6) is 0 Å². The highest BCUT2D eigenvalue weighted by Gasteiger charge is 2.38. The van der Waals surface area contributed by atoms with E-state index in [2.05, 4.69) is 5.10 Å². The lowest BCUT2D eigenvalue weighted by Crippen LogP contribution is -2.28. The maximum Gasteiger partial charge on any atom is 0.279 e. The number of hydrogen-bond acceptors (Lipinski definition) is 3. The molecule has 0 aliphatic carbocycles. The van der Waals surface area contributed by atoms with Gasteiger partial charge in [-0.1, -0.05) is 109 Å². The maximum absolute atomic E-state index is 13.6. The number of hydrogen-bond donors (Lipinski definition) is 0. The lowest BCUT2D eigenvalue weighted by atomic mass is 9.88. The first-order chi connectivity index (χ1) is 16.2. The van der Waals surface area contributed by atoms with E-state index in [9.17, 15) is 8.42 Å². The second-order valence-corrected chi connectivity index (χ2v) is 9.51. The maximum atomic E-state index is 13.6. The Labute approximate surface area is 194 Å². The van der Waals surface area contributed by atoms with Crippen molar-refractivity contribution in [3.63, 3.8) is 0 Å². The fourth-order valence-electron chi connectivity index (χ4n) is 4.13. The first-order valence-corrected chi connectivity index (χ1v) is 12.1. The van der Waals surface area contributed by atoms with Crippen molar-refractivity contribution in [3.8, 4) is 0 Å². The molecule has 0 bridgehead atoms. The largest absolute Gasteiger partial charge is 0.279 e. The quantitative estimate of drug-likeness (QED) is 0.379. The van der Waals surface area contributed by atoms with Gasteiger partial charge in [0.05, 0.1) is 11.1 Å². The highest BCUT2D eigenvalue weighted by molar-refractivity contribution is 7.89. The van der Waals surface area contributed by atoms with Gasteiger partial charge in [0.1, 0.15) is 6.04 Å². The van der Waals surface area contributed by atoms with Gasteiger partial charge >= 0.3 is 0 Å². The fourth-order valence-corrected chi connectivity index (χ4v) is 5.53. The predicted octanol–water partition coefficient (Wildman–Crippen LogP) is 5.92. The molecular weight excluding hydrogens is 428 g/mol. The Bertz CT molecular complexity index is 1360. The molecule has 0 N–H and O–H groups in total. The standard InChI is InChI=1S/C28H22N2O2S/c31-33(32,25-19-11-4-12-20-25)30-28(24-17-9-3-10-18-24)26(21-29-30)27(22-13-5-1-6-14-22)23-15-7-2-8-16-23/h1-21,28H/t28-/m0/s1. The number of nitrogens with zero attached hydrogens (tertiary/aromatic N) is 2. The Morgan fingerprint density at radius 2 is 1.09 bits per heavy atom. The Morgan fingerprint density at radius 3 is 1.61 bits per heavy atom. The van der Waals surface area contributed by atoms with E-state index in [0.717, 1.165) is 27.8 Å². The molecule has 0 spiro atoms. The zero-order valence-corrected chi connectivity index (χ0v) is 18.6. The highest BCUT2D eigenvalue weighted by atomic mass is 32.2. The summed E-state index contributed by atoms with van der Waals surface area (Å²) in [4.78, 5) is 0.213. The first-order valence-electron chi connectivity index (χ1n) is 10.7. The molecule has 0 unspecified atom stereocenters. The zero-order valence-electron chi connectivity index (χ0n) is 17.8. The Morgan fingerprint density at radius 1 is 0.636 bits per heavy atom. The third kappa shape index (κ3) is 3.99. The average molecular weight is 451 g/mol. The van der Waals surface area contributed by atoms with Gasteiger partial charge in [-0.25, -0.2) is 0 Å². The van der Waals surface area contributed by atoms with Crippen LogP contribution in [0.2, 0.25) is 0 Å². The minimum Gasteiger partial charge on any atom is -0.200 e. The Hall–Kier alpha value is -3.96. The number of rotatable bonds is 5. The molecule has 1 aliphatic rings. The SMILES string of the molecule is O=S(=O)(c1ccccc1)N1N=CC(=C(c2ccccc2)c2ccccc2)[C@@H]1c1ccccc1. The summed E-state index contributed by atoms with van der Waals surface area (Å²) in [7, 11) is -3.87. The van der Waals surface area contributed by atoms with Crippen LogP contribution in [-0.4, -0.2) is 19.0 Å². The summed E-state index contributed by atoms with van der Waals surface area (Å²) in [5.74, 6) is 0. The third-order valence-corrected chi connectivity index (χ3v) is 7.31. The van der Waals surface area contributed by atoms with Crippen molar-refractivity contribution in [1.82, 2.24) is 4.41 Å². The summed E-state index contributed by atoms with van der Waals surface area (Å²) in [6.07, 6.45) is 1.69. The predicted molar refractivity (Wildman–Crippen MR) is 132 cm³/mol. The summed E-state index contributed by atoms with van der Waals surface area (Å²) < 4.78 is 28.5. The van der Waals surface area contributed by atoms with Gasteiger partial charge < -0.3 is 0 Å². The molecule has 5 rings (SSSR count). The molecule has 0 amide bonds. The van der Waals surface area contributed by atoms with Crippen molar-refractivity contribution >= 4 is 21.8 Å². The molecule has 33 heavy (non-hydrogen) atoms. The average Bonchev–Trinajstić information content (AvgIpc) is 3.32. The van der Waals surface area contributed by atoms with Crippen LogP contribution in [0.3, 0.4) is 0 Å². The number of benzene rings is 4. The van der Waals surface area contributed by atoms with Crippen molar-refractivity contribution in [2.24, 2.45) is 5.10 Å². The van der Waals surface area contributed by atoms with Crippen LogP contribution >= 0.6 is 0 Å². The highest BCUT2D eigenvalue weighted by Crippen LogP contribution is 2.42. The van der Waals surface area contributed by atoms with E-state index in [-0.39, 0.29) is 4.90 Å². The lowest BCUT2D eigenvalue weighted by molar-refractivity contribution is 0.398. The van der Waals surface area contributed by atoms with Crippen LogP contribution < -0.4 is 0 Å². The molecule has 0 radical (unpaired) electrons. The molecule has 1 atom stereocenters. The van der Waals surface area contributed by atoms with E-state index in [0.29, 0.717) is 0 Å². The molecule has 1 heterocycles. The summed E-state index contributed by atoms with van der Waals surface area (Å²) in [5, 5.41) is 4.46. The lowest BCUT2D eigenvalue weighted by Gasteiger charge is -2.26. The van der Waals surface area contributed by atoms with E-state index in [4.69, 9.17) is 0 Å². The van der Waals surface area contributed by atoms with Crippen molar-refractivity contribution < 1.29 is 8.42 Å². The normalized spacial score (nSPS) is 15.6. The summed E-state index contributed by atoms with van der Waals surface area (Å²) in [5.41, 5.74) is 4.65. The van der Waals surface area contributed by atoms with Gasteiger partial charge in [0.2, 0.25) is 0 Å². The Kier molecular flexibility index (Phi) is 5.63. The first kappa shape index (κ1) is 20.9. The van der Waals surface area contributed by atoms with Crippen LogP contribution in [0.1, 0.15) is 22.7 Å². The molecule has 5 heteroatoms.